The van der Waals surface area contributed by atoms with Gasteiger partial charge in [0.2, 0.25) is 0 Å². The molecular weight excluding hydrogens is 178 g/mol. The average molecular weight is 201 g/mol. The summed E-state index contributed by atoms with van der Waals surface area (Å²) in [6, 6.07) is 0.940. The number of carboxylic acids is 1. The van der Waals surface area contributed by atoms with Crippen LogP contribution in [0.2, 0.25) is 0 Å². The highest BCUT2D eigenvalue weighted by Crippen LogP contribution is 2.13. The monoisotopic (exact) mass is 201 g/mol. The van der Waals surface area contributed by atoms with E-state index in [-0.39, 0.29) is 6.42 Å². The summed E-state index contributed by atoms with van der Waals surface area (Å²) >= 11 is 0. The number of aliphatic carboxylic acids is 1. The van der Waals surface area contributed by atoms with Crippen molar-refractivity contribution in [1.82, 2.24) is 4.90 Å². The Labute approximate surface area is 87.1 Å². The summed E-state index contributed by atoms with van der Waals surface area (Å²) < 4.78 is 0. The number of hydrogen-bond donors (Lipinski definition) is 1. The lowest BCUT2D eigenvalue weighted by molar-refractivity contribution is -0.137. The molecule has 0 heterocycles. The van der Waals surface area contributed by atoms with Crippen LogP contribution in [-0.4, -0.2) is 35.1 Å². The lowest BCUT2D eigenvalue weighted by Crippen LogP contribution is -2.38. The largest absolute Gasteiger partial charge is 0.481 e. The fourth-order valence-corrected chi connectivity index (χ4v) is 1.76. The van der Waals surface area contributed by atoms with Gasteiger partial charge in [-0.05, 0) is 33.2 Å². The van der Waals surface area contributed by atoms with Crippen LogP contribution < -0.4 is 0 Å². The smallest absolute Gasteiger partial charge is 0.303 e. The number of hydrogen-bond acceptors (Lipinski definition) is 2. The number of nitrogens with zero attached hydrogens (tertiary/aromatic N) is 1. The van der Waals surface area contributed by atoms with E-state index in [2.05, 4.69) is 32.7 Å². The molecule has 0 aromatic heterocycles. The highest BCUT2D eigenvalue weighted by Gasteiger charge is 2.17. The third kappa shape index (κ3) is 4.61. The Morgan fingerprint density at radius 2 is 1.86 bits per heavy atom. The first kappa shape index (κ1) is 13.4. The third-order valence-corrected chi connectivity index (χ3v) is 2.99. The van der Waals surface area contributed by atoms with Gasteiger partial charge in [-0.15, -0.1) is 0 Å². The van der Waals surface area contributed by atoms with E-state index in [0.717, 1.165) is 19.3 Å². The van der Waals surface area contributed by atoms with Crippen molar-refractivity contribution in [2.24, 2.45) is 0 Å². The lowest BCUT2D eigenvalue weighted by Gasteiger charge is -2.31. The van der Waals surface area contributed by atoms with Crippen LogP contribution in [0.5, 0.6) is 0 Å². The molecule has 0 aliphatic heterocycles. The molecule has 84 valence electrons. The van der Waals surface area contributed by atoms with Crippen LogP contribution >= 0.6 is 0 Å². The first-order valence-corrected chi connectivity index (χ1v) is 5.46. The molecule has 14 heavy (non-hydrogen) atoms. The molecule has 0 fully saturated rings. The molecule has 1 unspecified atom stereocenters. The quantitative estimate of drug-likeness (QED) is 0.687. The minimum atomic E-state index is -0.699. The molecule has 0 radical (unpaired) electrons. The van der Waals surface area contributed by atoms with Gasteiger partial charge in [0.15, 0.2) is 0 Å². The van der Waals surface area contributed by atoms with E-state index in [1.165, 1.54) is 0 Å². The van der Waals surface area contributed by atoms with Crippen LogP contribution in [0, 0.1) is 0 Å². The molecule has 0 aliphatic carbocycles. The first-order valence-electron chi connectivity index (χ1n) is 5.46. The minimum Gasteiger partial charge on any atom is -0.481 e. The second-order valence-corrected chi connectivity index (χ2v) is 3.92. The third-order valence-electron chi connectivity index (χ3n) is 2.99. The maximum Gasteiger partial charge on any atom is 0.303 e. The standard InChI is InChI=1S/C11H23NO2/c1-5-10(6-2)12(4)9(3)7-8-11(13)14/h9-10H,5-8H2,1-4H3,(H,13,14). The highest BCUT2D eigenvalue weighted by atomic mass is 16.4. The summed E-state index contributed by atoms with van der Waals surface area (Å²) in [5, 5.41) is 8.58. The summed E-state index contributed by atoms with van der Waals surface area (Å²) in [4.78, 5) is 12.7. The van der Waals surface area contributed by atoms with Crippen LogP contribution in [0.3, 0.4) is 0 Å². The van der Waals surface area contributed by atoms with Gasteiger partial charge in [0, 0.05) is 18.5 Å². The Morgan fingerprint density at radius 3 is 2.21 bits per heavy atom. The molecule has 3 nitrogen and oxygen atoms in total. The molecule has 0 rings (SSSR count). The van der Waals surface area contributed by atoms with Gasteiger partial charge < -0.3 is 10.0 Å². The number of rotatable bonds is 7. The van der Waals surface area contributed by atoms with Crippen molar-refractivity contribution in [2.45, 2.75) is 58.5 Å². The molecule has 0 aromatic carbocycles. The van der Waals surface area contributed by atoms with E-state index < -0.39 is 5.97 Å². The molecule has 0 amide bonds. The Hall–Kier alpha value is -0.570. The SMILES string of the molecule is CCC(CC)N(C)C(C)CCC(=O)O. The predicted molar refractivity (Wildman–Crippen MR) is 58.5 cm³/mol. The van der Waals surface area contributed by atoms with Gasteiger partial charge in [0.05, 0.1) is 0 Å². The van der Waals surface area contributed by atoms with Crippen LogP contribution in [-0.2, 0) is 4.79 Å². The van der Waals surface area contributed by atoms with Crippen molar-refractivity contribution in [3.8, 4) is 0 Å². The Bertz CT molecular complexity index is 167. The van der Waals surface area contributed by atoms with Crippen LogP contribution in [0.1, 0.15) is 46.5 Å². The van der Waals surface area contributed by atoms with Crippen molar-refractivity contribution in [2.75, 3.05) is 7.05 Å². The summed E-state index contributed by atoms with van der Waals surface area (Å²) in [6.45, 7) is 6.45. The summed E-state index contributed by atoms with van der Waals surface area (Å²) in [5.74, 6) is -0.699. The summed E-state index contributed by atoms with van der Waals surface area (Å²) in [5.41, 5.74) is 0. The van der Waals surface area contributed by atoms with Crippen LogP contribution in [0.4, 0.5) is 0 Å². The van der Waals surface area contributed by atoms with E-state index in [4.69, 9.17) is 5.11 Å². The molecule has 0 aromatic rings. The van der Waals surface area contributed by atoms with Gasteiger partial charge in [-0.25, -0.2) is 0 Å². The Balaban J connectivity index is 3.96. The highest BCUT2D eigenvalue weighted by molar-refractivity contribution is 5.66. The van der Waals surface area contributed by atoms with E-state index >= 15 is 0 Å². The maximum atomic E-state index is 10.4. The van der Waals surface area contributed by atoms with Crippen LogP contribution in [0.15, 0.2) is 0 Å². The fourth-order valence-electron chi connectivity index (χ4n) is 1.76. The van der Waals surface area contributed by atoms with Crippen molar-refractivity contribution < 1.29 is 9.90 Å². The van der Waals surface area contributed by atoms with Gasteiger partial charge in [-0.3, -0.25) is 4.79 Å². The normalized spacial score (nSPS) is 13.6. The van der Waals surface area contributed by atoms with E-state index in [9.17, 15) is 4.79 Å². The lowest BCUT2D eigenvalue weighted by atomic mass is 10.1. The topological polar surface area (TPSA) is 40.5 Å². The van der Waals surface area contributed by atoms with E-state index in [1.807, 2.05) is 0 Å². The Morgan fingerprint density at radius 1 is 1.36 bits per heavy atom. The van der Waals surface area contributed by atoms with E-state index in [1.54, 1.807) is 0 Å². The molecule has 0 spiro atoms. The molecule has 0 aliphatic rings. The number of carboxylic acid groups (broad SMARTS) is 1. The summed E-state index contributed by atoms with van der Waals surface area (Å²) in [7, 11) is 2.09. The van der Waals surface area contributed by atoms with Gasteiger partial charge in [-0.2, -0.15) is 0 Å². The number of carbonyl (C=O) groups is 1. The molecule has 1 N–H and O–H groups in total. The predicted octanol–water partition coefficient (Wildman–Crippen LogP) is 2.36. The summed E-state index contributed by atoms with van der Waals surface area (Å²) in [6.07, 6.45) is 3.27. The minimum absolute atomic E-state index is 0.269. The fraction of sp³-hybridized carbons (Fsp3) is 0.909. The maximum absolute atomic E-state index is 10.4. The first-order chi connectivity index (χ1) is 6.52. The van der Waals surface area contributed by atoms with Crippen molar-refractivity contribution in [3.05, 3.63) is 0 Å². The van der Waals surface area contributed by atoms with Gasteiger partial charge in [-0.1, -0.05) is 13.8 Å². The van der Waals surface area contributed by atoms with Gasteiger partial charge in [0.25, 0.3) is 0 Å². The molecular formula is C11H23NO2. The van der Waals surface area contributed by atoms with Crippen molar-refractivity contribution >= 4 is 5.97 Å². The Kier molecular flexibility index (Phi) is 6.54. The molecule has 0 saturated heterocycles. The second-order valence-electron chi connectivity index (χ2n) is 3.92. The zero-order valence-corrected chi connectivity index (χ0v) is 9.79. The molecule has 0 saturated carbocycles. The van der Waals surface area contributed by atoms with Gasteiger partial charge in [0.1, 0.15) is 0 Å². The zero-order valence-electron chi connectivity index (χ0n) is 9.79. The molecule has 3 heteroatoms. The average Bonchev–Trinajstić information content (AvgIpc) is 2.15. The zero-order chi connectivity index (χ0) is 11.1. The van der Waals surface area contributed by atoms with Crippen molar-refractivity contribution in [3.63, 3.8) is 0 Å². The van der Waals surface area contributed by atoms with Crippen LogP contribution in [0.25, 0.3) is 0 Å². The molecule has 1 atom stereocenters. The van der Waals surface area contributed by atoms with Gasteiger partial charge >= 0.3 is 5.97 Å². The second kappa shape index (κ2) is 6.82. The van der Waals surface area contributed by atoms with Crippen molar-refractivity contribution in [1.29, 1.82) is 0 Å². The van der Waals surface area contributed by atoms with E-state index in [0.29, 0.717) is 12.1 Å². The molecule has 0 bridgehead atoms.